The molecule has 0 atom stereocenters. The quantitative estimate of drug-likeness (QED) is 0.788. The SMILES string of the molecule is Cn1cncc1CN1CC(c2nc3ccccc3[nH]2)C1. The second kappa shape index (κ2) is 4.45. The summed E-state index contributed by atoms with van der Waals surface area (Å²) in [5.41, 5.74) is 3.45. The van der Waals surface area contributed by atoms with Crippen LogP contribution in [0, 0.1) is 0 Å². The van der Waals surface area contributed by atoms with Crippen molar-refractivity contribution in [1.29, 1.82) is 0 Å². The van der Waals surface area contributed by atoms with Gasteiger partial charge in [0.25, 0.3) is 0 Å². The number of rotatable bonds is 3. The Morgan fingerprint density at radius 2 is 2.15 bits per heavy atom. The lowest BCUT2D eigenvalue weighted by Gasteiger charge is -2.38. The van der Waals surface area contributed by atoms with Gasteiger partial charge in [0.15, 0.2) is 0 Å². The van der Waals surface area contributed by atoms with Crippen LogP contribution in [-0.4, -0.2) is 37.5 Å². The van der Waals surface area contributed by atoms with Crippen LogP contribution in [0.1, 0.15) is 17.4 Å². The highest BCUT2D eigenvalue weighted by atomic mass is 15.2. The van der Waals surface area contributed by atoms with Gasteiger partial charge in [-0.3, -0.25) is 4.90 Å². The zero-order valence-corrected chi connectivity index (χ0v) is 11.5. The highest BCUT2D eigenvalue weighted by molar-refractivity contribution is 5.74. The second-order valence-corrected chi connectivity index (χ2v) is 5.53. The third kappa shape index (κ3) is 1.91. The molecule has 0 radical (unpaired) electrons. The Kier molecular flexibility index (Phi) is 2.60. The number of para-hydroxylation sites is 2. The number of imidazole rings is 2. The number of H-pyrrole nitrogens is 1. The van der Waals surface area contributed by atoms with Crippen molar-refractivity contribution in [3.63, 3.8) is 0 Å². The van der Waals surface area contributed by atoms with Gasteiger partial charge in [-0.15, -0.1) is 0 Å². The first-order valence-electron chi connectivity index (χ1n) is 6.92. The van der Waals surface area contributed by atoms with Gasteiger partial charge in [0.2, 0.25) is 0 Å². The third-order valence-corrected chi connectivity index (χ3v) is 4.05. The fourth-order valence-corrected chi connectivity index (χ4v) is 2.80. The molecule has 20 heavy (non-hydrogen) atoms. The van der Waals surface area contributed by atoms with E-state index in [9.17, 15) is 0 Å². The Labute approximate surface area is 117 Å². The first kappa shape index (κ1) is 11.7. The Hall–Kier alpha value is -2.14. The summed E-state index contributed by atoms with van der Waals surface area (Å²) in [6.07, 6.45) is 3.79. The number of benzene rings is 1. The third-order valence-electron chi connectivity index (χ3n) is 4.05. The van der Waals surface area contributed by atoms with E-state index in [1.165, 1.54) is 5.69 Å². The molecule has 3 heterocycles. The molecule has 5 nitrogen and oxygen atoms in total. The van der Waals surface area contributed by atoms with Crippen LogP contribution in [0.25, 0.3) is 11.0 Å². The molecular weight excluding hydrogens is 250 g/mol. The molecule has 0 unspecified atom stereocenters. The molecule has 0 spiro atoms. The molecule has 1 aromatic carbocycles. The van der Waals surface area contributed by atoms with Gasteiger partial charge in [-0.1, -0.05) is 12.1 Å². The number of likely N-dealkylation sites (tertiary alicyclic amines) is 1. The lowest BCUT2D eigenvalue weighted by Crippen LogP contribution is -2.44. The van der Waals surface area contributed by atoms with E-state index in [0.29, 0.717) is 5.92 Å². The highest BCUT2D eigenvalue weighted by Crippen LogP contribution is 2.27. The van der Waals surface area contributed by atoms with Gasteiger partial charge < -0.3 is 9.55 Å². The summed E-state index contributed by atoms with van der Waals surface area (Å²) in [7, 11) is 2.04. The summed E-state index contributed by atoms with van der Waals surface area (Å²) in [5, 5.41) is 0. The predicted octanol–water partition coefficient (Wildman–Crippen LogP) is 1.90. The van der Waals surface area contributed by atoms with E-state index < -0.39 is 0 Å². The number of hydrogen-bond donors (Lipinski definition) is 1. The minimum absolute atomic E-state index is 0.524. The van der Waals surface area contributed by atoms with Gasteiger partial charge >= 0.3 is 0 Å². The van der Waals surface area contributed by atoms with Gasteiger partial charge in [-0.25, -0.2) is 9.97 Å². The first-order chi connectivity index (χ1) is 9.79. The van der Waals surface area contributed by atoms with Crippen molar-refractivity contribution in [3.8, 4) is 0 Å². The van der Waals surface area contributed by atoms with Crippen molar-refractivity contribution >= 4 is 11.0 Å². The normalized spacial score (nSPS) is 16.6. The molecule has 0 aliphatic carbocycles. The van der Waals surface area contributed by atoms with Crippen molar-refractivity contribution < 1.29 is 0 Å². The molecule has 0 amide bonds. The molecule has 1 aliphatic heterocycles. The average Bonchev–Trinajstić information content (AvgIpc) is 2.99. The zero-order chi connectivity index (χ0) is 13.5. The van der Waals surface area contributed by atoms with Crippen molar-refractivity contribution in [2.24, 2.45) is 7.05 Å². The van der Waals surface area contributed by atoms with Crippen LogP contribution in [-0.2, 0) is 13.6 Å². The van der Waals surface area contributed by atoms with Crippen molar-refractivity contribution in [2.75, 3.05) is 13.1 Å². The first-order valence-corrected chi connectivity index (χ1v) is 6.92. The topological polar surface area (TPSA) is 49.7 Å². The van der Waals surface area contributed by atoms with Crippen LogP contribution in [0.3, 0.4) is 0 Å². The lowest BCUT2D eigenvalue weighted by atomic mass is 9.99. The van der Waals surface area contributed by atoms with E-state index in [4.69, 9.17) is 0 Å². The maximum Gasteiger partial charge on any atom is 0.112 e. The second-order valence-electron chi connectivity index (χ2n) is 5.53. The van der Waals surface area contributed by atoms with E-state index >= 15 is 0 Å². The summed E-state index contributed by atoms with van der Waals surface area (Å²) < 4.78 is 2.08. The molecule has 102 valence electrons. The van der Waals surface area contributed by atoms with Gasteiger partial charge in [-0.05, 0) is 12.1 Å². The molecular formula is C15H17N5. The van der Waals surface area contributed by atoms with Crippen LogP contribution < -0.4 is 0 Å². The molecule has 5 heteroatoms. The van der Waals surface area contributed by atoms with E-state index in [1.54, 1.807) is 0 Å². The van der Waals surface area contributed by atoms with Gasteiger partial charge in [0, 0.05) is 38.8 Å². The Morgan fingerprint density at radius 1 is 1.30 bits per heavy atom. The fourth-order valence-electron chi connectivity index (χ4n) is 2.80. The van der Waals surface area contributed by atoms with Crippen LogP contribution in [0.4, 0.5) is 0 Å². The van der Waals surface area contributed by atoms with E-state index in [-0.39, 0.29) is 0 Å². The fraction of sp³-hybridized carbons (Fsp3) is 0.333. The summed E-state index contributed by atoms with van der Waals surface area (Å²) >= 11 is 0. The smallest absolute Gasteiger partial charge is 0.112 e. The largest absolute Gasteiger partial charge is 0.342 e. The molecule has 1 N–H and O–H groups in total. The van der Waals surface area contributed by atoms with Crippen LogP contribution in [0.2, 0.25) is 0 Å². The summed E-state index contributed by atoms with van der Waals surface area (Å²) in [6, 6.07) is 8.21. The van der Waals surface area contributed by atoms with E-state index in [2.05, 4.69) is 36.6 Å². The molecule has 0 bridgehead atoms. The van der Waals surface area contributed by atoms with Crippen LogP contribution in [0.15, 0.2) is 36.8 Å². The number of fused-ring (bicyclic) bond motifs is 1. The molecule has 4 rings (SSSR count). The summed E-state index contributed by atoms with van der Waals surface area (Å²) in [6.45, 7) is 3.09. The van der Waals surface area contributed by atoms with Crippen molar-refractivity contribution in [2.45, 2.75) is 12.5 Å². The number of aryl methyl sites for hydroxylation is 1. The molecule has 1 fully saturated rings. The standard InChI is InChI=1S/C15H17N5/c1-19-10-16-6-12(19)9-20-7-11(8-20)15-17-13-4-2-3-5-14(13)18-15/h2-6,10-11H,7-9H2,1H3,(H,17,18). The highest BCUT2D eigenvalue weighted by Gasteiger charge is 2.30. The Bertz CT molecular complexity index is 702. The van der Waals surface area contributed by atoms with Crippen LogP contribution in [0.5, 0.6) is 0 Å². The van der Waals surface area contributed by atoms with E-state index in [0.717, 1.165) is 36.5 Å². The summed E-state index contributed by atoms with van der Waals surface area (Å²) in [4.78, 5) is 14.7. The molecule has 2 aromatic heterocycles. The maximum absolute atomic E-state index is 4.68. The molecule has 0 saturated carbocycles. The molecule has 1 aliphatic rings. The Balaban J connectivity index is 1.44. The van der Waals surface area contributed by atoms with Gasteiger partial charge in [0.05, 0.1) is 23.1 Å². The number of hydrogen-bond acceptors (Lipinski definition) is 3. The number of nitrogens with one attached hydrogen (secondary N) is 1. The molecule has 1 saturated heterocycles. The van der Waals surface area contributed by atoms with Gasteiger partial charge in [0.1, 0.15) is 5.82 Å². The minimum Gasteiger partial charge on any atom is -0.342 e. The van der Waals surface area contributed by atoms with Crippen molar-refractivity contribution in [3.05, 3.63) is 48.3 Å². The van der Waals surface area contributed by atoms with E-state index in [1.807, 2.05) is 31.7 Å². The Morgan fingerprint density at radius 3 is 2.90 bits per heavy atom. The van der Waals surface area contributed by atoms with Gasteiger partial charge in [-0.2, -0.15) is 0 Å². The number of aromatic nitrogens is 4. The number of aromatic amines is 1. The number of nitrogens with zero attached hydrogens (tertiary/aromatic N) is 4. The maximum atomic E-state index is 4.68. The minimum atomic E-state index is 0.524. The van der Waals surface area contributed by atoms with Crippen LogP contribution >= 0.6 is 0 Å². The summed E-state index contributed by atoms with van der Waals surface area (Å²) in [5.74, 6) is 1.64. The monoisotopic (exact) mass is 267 g/mol. The average molecular weight is 267 g/mol. The molecule has 3 aromatic rings. The lowest BCUT2D eigenvalue weighted by molar-refractivity contribution is 0.132. The zero-order valence-electron chi connectivity index (χ0n) is 11.5. The van der Waals surface area contributed by atoms with Crippen molar-refractivity contribution in [1.82, 2.24) is 24.4 Å². The predicted molar refractivity (Wildman–Crippen MR) is 77.3 cm³/mol.